The number of rotatable bonds is 12. The number of para-hydroxylation sites is 4. The Kier molecular flexibility index (Phi) is 10.3. The summed E-state index contributed by atoms with van der Waals surface area (Å²) in [5.74, 6) is 1.36. The van der Waals surface area contributed by atoms with Crippen LogP contribution in [0.4, 0.5) is 0 Å². The zero-order valence-electron chi connectivity index (χ0n) is 26.3. The maximum atomic E-state index is 12.6. The fraction of sp³-hybridized carbons (Fsp3) is 0.143. The van der Waals surface area contributed by atoms with Crippen LogP contribution in [0.25, 0.3) is 0 Å². The van der Waals surface area contributed by atoms with Crippen LogP contribution >= 0.6 is 23.5 Å². The average molecular weight is 694 g/mol. The Bertz CT molecular complexity index is 1640. The molecule has 47 heavy (non-hydrogen) atoms. The van der Waals surface area contributed by atoms with Crippen LogP contribution in [0.2, 0.25) is 0 Å². The molecule has 6 rings (SSSR count). The molecule has 0 spiro atoms. The third-order valence-electron chi connectivity index (χ3n) is 7.71. The first-order chi connectivity index (χ1) is 22.8. The summed E-state index contributed by atoms with van der Waals surface area (Å²) in [6.45, 7) is 8.14. The Hall–Kier alpha value is -3.77. The Balaban J connectivity index is 1.47. The van der Waals surface area contributed by atoms with Crippen molar-refractivity contribution in [3.8, 4) is 23.0 Å². The maximum absolute atomic E-state index is 12.6. The van der Waals surface area contributed by atoms with Gasteiger partial charge in [-0.25, -0.2) is 0 Å². The fourth-order valence-electron chi connectivity index (χ4n) is 5.48. The van der Waals surface area contributed by atoms with Gasteiger partial charge in [-0.2, -0.15) is 0 Å². The molecule has 12 heteroatoms. The second-order valence-electron chi connectivity index (χ2n) is 11.3. The van der Waals surface area contributed by atoms with E-state index in [1.807, 2.05) is 147 Å². The van der Waals surface area contributed by atoms with Gasteiger partial charge in [0.1, 0.15) is 0 Å². The van der Waals surface area contributed by atoms with E-state index in [2.05, 4.69) is 21.6 Å². The van der Waals surface area contributed by atoms with Crippen LogP contribution in [0.3, 0.4) is 0 Å². The number of hydrogen-bond acceptors (Lipinski definition) is 9. The molecule has 4 aromatic rings. The number of fused-ring (bicyclic) bond motifs is 1. The van der Waals surface area contributed by atoms with E-state index in [1.165, 1.54) is 0 Å². The number of hydrogen-bond donors (Lipinski definition) is 4. The average Bonchev–Trinajstić information content (AvgIpc) is 3.61. The van der Waals surface area contributed by atoms with Crippen molar-refractivity contribution in [3.63, 3.8) is 0 Å². The molecule has 248 valence electrons. The van der Waals surface area contributed by atoms with E-state index < -0.39 is 40.9 Å². The molecule has 0 aromatic heterocycles. The molecule has 9 nitrogen and oxygen atoms in total. The third-order valence-corrected chi connectivity index (χ3v) is 18.4. The molecule has 4 N–H and O–H groups in total. The molecular formula is C35H42N3O6P3. The monoisotopic (exact) mass is 693 g/mol. The Labute approximate surface area is 277 Å². The zero-order valence-corrected chi connectivity index (χ0v) is 29.3. The van der Waals surface area contributed by atoms with Gasteiger partial charge in [0, 0.05) is 0 Å². The summed E-state index contributed by atoms with van der Waals surface area (Å²) in [6, 6.07) is 37.6. The van der Waals surface area contributed by atoms with Gasteiger partial charge < -0.3 is 0 Å². The van der Waals surface area contributed by atoms with Gasteiger partial charge in [-0.15, -0.1) is 0 Å². The summed E-state index contributed by atoms with van der Waals surface area (Å²) < 4.78 is 33.6. The van der Waals surface area contributed by atoms with E-state index in [9.17, 15) is 4.89 Å². The van der Waals surface area contributed by atoms with Crippen LogP contribution in [0, 0.1) is 0 Å². The van der Waals surface area contributed by atoms with Crippen molar-refractivity contribution in [2.45, 2.75) is 31.3 Å². The van der Waals surface area contributed by atoms with Crippen LogP contribution < -0.4 is 33.3 Å². The number of allylic oxidation sites excluding steroid dienone is 4. The molecule has 2 aliphatic rings. The molecule has 4 aromatic carbocycles. The van der Waals surface area contributed by atoms with Gasteiger partial charge >= 0.3 is 279 Å². The molecule has 2 saturated heterocycles. The molecular weight excluding hydrogens is 651 g/mol. The van der Waals surface area contributed by atoms with Gasteiger partial charge in [-0.1, -0.05) is 0 Å². The van der Waals surface area contributed by atoms with E-state index in [0.29, 0.717) is 28.8 Å². The van der Waals surface area contributed by atoms with E-state index >= 15 is 0 Å². The van der Waals surface area contributed by atoms with Gasteiger partial charge in [0.25, 0.3) is 0 Å². The summed E-state index contributed by atoms with van der Waals surface area (Å²) in [6.07, 6.45) is 7.53. The van der Waals surface area contributed by atoms with E-state index in [0.717, 1.165) is 0 Å². The van der Waals surface area contributed by atoms with Crippen LogP contribution in [0.1, 0.15) is 13.8 Å². The van der Waals surface area contributed by atoms with Gasteiger partial charge in [-0.3, -0.25) is 0 Å². The summed E-state index contributed by atoms with van der Waals surface area (Å²) in [5, 5.41) is 7.27. The van der Waals surface area contributed by atoms with Gasteiger partial charge in [-0.05, 0) is 0 Å². The van der Waals surface area contributed by atoms with Crippen LogP contribution in [-0.4, -0.2) is 22.3 Å². The first-order valence-corrected chi connectivity index (χ1v) is 21.3. The Morgan fingerprint density at radius 2 is 1.19 bits per heavy atom. The van der Waals surface area contributed by atoms with E-state index in [-0.39, 0.29) is 0 Å². The van der Waals surface area contributed by atoms with Gasteiger partial charge in [0.15, 0.2) is 0 Å². The predicted octanol–water partition coefficient (Wildman–Crippen LogP) is 8.24. The van der Waals surface area contributed by atoms with Crippen LogP contribution in [0.15, 0.2) is 158 Å². The van der Waals surface area contributed by atoms with Crippen LogP contribution in [0.5, 0.6) is 23.0 Å². The topological polar surface area (TPSA) is 102 Å². The van der Waals surface area contributed by atoms with E-state index in [4.69, 9.17) is 22.8 Å². The van der Waals surface area contributed by atoms with Crippen molar-refractivity contribution in [3.05, 3.63) is 158 Å². The molecule has 2 fully saturated rings. The van der Waals surface area contributed by atoms with Crippen molar-refractivity contribution >= 4 is 23.5 Å². The van der Waals surface area contributed by atoms with Crippen molar-refractivity contribution < 1.29 is 27.7 Å². The SMILES string of the molecule is C=C(/C=C\C=C/C)O[PH]12NC(C)[PH](Oc3ccccc3)(Oc3ccccc3)N[PH](O)(Oc3ccccc3)NC1C2Oc1ccccc1. The normalized spacial score (nSPS) is 24.4. The second kappa shape index (κ2) is 14.6. The molecule has 3 atom stereocenters. The minimum atomic E-state index is -4.17. The quantitative estimate of drug-likeness (QED) is 0.0664. The van der Waals surface area contributed by atoms with Gasteiger partial charge in [0.05, 0.1) is 0 Å². The summed E-state index contributed by atoms with van der Waals surface area (Å²) >= 11 is 0. The summed E-state index contributed by atoms with van der Waals surface area (Å²) in [4.78, 5) is 16.1. The standard InChI is InChI=1S/C35H42N3O6P3/c1-4-5-10-19-28(2)41-45-34(35(45)40-30-20-11-6-12-21-30)37-47(39,44-33-26-17-9-18-27-33)38-46(29(3)36-45,42-31-22-13-7-14-23-31)43-32-24-15-8-16-25-32/h4-27,29,34-39,45-47H,2H2,1,3H3/b5-4-,19-10-. The number of nitrogens with one attached hydrogen (secondary N) is 3. The van der Waals surface area contributed by atoms with E-state index in [1.54, 1.807) is 12.1 Å². The van der Waals surface area contributed by atoms with Crippen molar-refractivity contribution in [2.24, 2.45) is 0 Å². The predicted molar refractivity (Wildman–Crippen MR) is 196 cm³/mol. The van der Waals surface area contributed by atoms with Crippen molar-refractivity contribution in [1.82, 2.24) is 15.0 Å². The molecule has 0 bridgehead atoms. The molecule has 0 saturated carbocycles. The first kappa shape index (κ1) is 33.1. The molecule has 2 heterocycles. The minimum absolute atomic E-state index is 0.439. The summed E-state index contributed by atoms with van der Waals surface area (Å²) in [7, 11) is -11.2. The third kappa shape index (κ3) is 7.86. The Morgan fingerprint density at radius 1 is 0.702 bits per heavy atom. The summed E-state index contributed by atoms with van der Waals surface area (Å²) in [5.41, 5.74) is 0. The molecule has 0 radical (unpaired) electrons. The second-order valence-corrected chi connectivity index (χ2v) is 19.9. The molecule has 0 amide bonds. The molecule has 0 aliphatic carbocycles. The zero-order chi connectivity index (χ0) is 32.7. The molecule has 2 aliphatic heterocycles. The van der Waals surface area contributed by atoms with Crippen molar-refractivity contribution in [2.75, 3.05) is 0 Å². The molecule has 3 unspecified atom stereocenters. The van der Waals surface area contributed by atoms with Crippen LogP contribution in [-0.2, 0) is 4.52 Å². The first-order valence-electron chi connectivity index (χ1n) is 15.5. The van der Waals surface area contributed by atoms with Gasteiger partial charge in [0.2, 0.25) is 0 Å². The number of benzene rings is 4. The fourth-order valence-corrected chi connectivity index (χ4v) is 18.1. The number of ether oxygens (including phenoxy) is 1. The Morgan fingerprint density at radius 3 is 1.70 bits per heavy atom. The van der Waals surface area contributed by atoms with Crippen molar-refractivity contribution in [1.29, 1.82) is 0 Å².